The molecule has 0 bridgehead atoms. The van der Waals surface area contributed by atoms with Gasteiger partial charge in [-0.25, -0.2) is 4.79 Å². The summed E-state index contributed by atoms with van der Waals surface area (Å²) in [4.78, 5) is 58.4. The second-order valence-electron chi connectivity index (χ2n) is 10.3. The van der Waals surface area contributed by atoms with E-state index in [1.807, 2.05) is 27.7 Å². The highest BCUT2D eigenvalue weighted by Gasteiger charge is 2.30. The molecule has 0 aliphatic heterocycles. The summed E-state index contributed by atoms with van der Waals surface area (Å²) < 4.78 is 0. The molecule has 0 saturated heterocycles. The summed E-state index contributed by atoms with van der Waals surface area (Å²) in [5.74, 6) is -3.10. The lowest BCUT2D eigenvalue weighted by Gasteiger charge is -2.26. The van der Waals surface area contributed by atoms with Crippen LogP contribution in [0.2, 0.25) is 0 Å². The molecule has 224 valence electrons. The summed E-state index contributed by atoms with van der Waals surface area (Å²) >= 11 is 0. The van der Waals surface area contributed by atoms with E-state index in [1.165, 1.54) is 0 Å². The van der Waals surface area contributed by atoms with Crippen molar-refractivity contribution in [2.24, 2.45) is 50.5 Å². The van der Waals surface area contributed by atoms with Gasteiger partial charge in [0.05, 0.1) is 6.04 Å². The molecule has 0 fully saturated rings. The number of aliphatic imine (C=N–C) groups is 2. The van der Waals surface area contributed by atoms with Crippen LogP contribution in [0.5, 0.6) is 0 Å². The normalized spacial score (nSPS) is 14.0. The lowest BCUT2D eigenvalue weighted by atomic mass is 10.00. The fourth-order valence-corrected chi connectivity index (χ4v) is 3.64. The zero-order chi connectivity index (χ0) is 30.1. The van der Waals surface area contributed by atoms with Crippen LogP contribution in [0.3, 0.4) is 0 Å². The molecule has 39 heavy (non-hydrogen) atoms. The third-order valence-corrected chi connectivity index (χ3v) is 5.54. The molecule has 0 aromatic carbocycles. The second kappa shape index (κ2) is 18.6. The molecule has 14 N–H and O–H groups in total. The number of hydrogen-bond donors (Lipinski definition) is 9. The number of carbonyl (C=O) groups is 4. The summed E-state index contributed by atoms with van der Waals surface area (Å²) in [6.07, 6.45) is 1.72. The molecule has 0 aromatic rings. The van der Waals surface area contributed by atoms with Gasteiger partial charge >= 0.3 is 5.97 Å². The monoisotopic (exact) mass is 556 g/mol. The number of hydrogen-bond acceptors (Lipinski definition) is 7. The van der Waals surface area contributed by atoms with Crippen molar-refractivity contribution >= 4 is 35.6 Å². The average Bonchev–Trinajstić information content (AvgIpc) is 2.81. The first-order valence-electron chi connectivity index (χ1n) is 13.1. The van der Waals surface area contributed by atoms with Gasteiger partial charge in [-0.15, -0.1) is 0 Å². The van der Waals surface area contributed by atoms with Crippen LogP contribution in [-0.2, 0) is 19.2 Å². The third kappa shape index (κ3) is 16.8. The first-order chi connectivity index (χ1) is 18.1. The quantitative estimate of drug-likeness (QED) is 0.0481. The smallest absolute Gasteiger partial charge is 0.326 e. The van der Waals surface area contributed by atoms with Gasteiger partial charge in [-0.2, -0.15) is 0 Å². The van der Waals surface area contributed by atoms with Crippen LogP contribution in [-0.4, -0.2) is 78.0 Å². The van der Waals surface area contributed by atoms with Crippen molar-refractivity contribution < 1.29 is 24.3 Å². The molecule has 0 aliphatic carbocycles. The molecule has 4 atom stereocenters. The fourth-order valence-electron chi connectivity index (χ4n) is 3.64. The molecule has 0 radical (unpaired) electrons. The topological polar surface area (TPSA) is 279 Å². The van der Waals surface area contributed by atoms with Crippen molar-refractivity contribution in [3.8, 4) is 0 Å². The maximum Gasteiger partial charge on any atom is 0.326 e. The molecule has 0 unspecified atom stereocenters. The maximum atomic E-state index is 13.3. The molecule has 0 spiro atoms. The van der Waals surface area contributed by atoms with E-state index in [1.54, 1.807) is 0 Å². The van der Waals surface area contributed by atoms with Crippen LogP contribution in [0.15, 0.2) is 9.98 Å². The van der Waals surface area contributed by atoms with E-state index >= 15 is 0 Å². The van der Waals surface area contributed by atoms with E-state index in [-0.39, 0.29) is 56.0 Å². The van der Waals surface area contributed by atoms with Crippen LogP contribution in [0, 0.1) is 11.8 Å². The minimum Gasteiger partial charge on any atom is -0.480 e. The highest BCUT2D eigenvalue weighted by Crippen LogP contribution is 2.10. The first-order valence-corrected chi connectivity index (χ1v) is 13.1. The largest absolute Gasteiger partial charge is 0.480 e. The molecule has 3 amide bonds. The minimum atomic E-state index is -1.16. The molecule has 0 heterocycles. The Labute approximate surface area is 230 Å². The van der Waals surface area contributed by atoms with Crippen LogP contribution < -0.4 is 44.6 Å². The molecule has 0 saturated carbocycles. The first kappa shape index (κ1) is 35.4. The van der Waals surface area contributed by atoms with Gasteiger partial charge in [0.1, 0.15) is 18.1 Å². The standard InChI is InChI=1S/C24H48N10O5/c1-13(2)11-17(21(37)34-18(22(38)39)12-14(3)4)33-20(36)16(8-6-10-31-24(28)29)32-19(35)15(25)7-5-9-30-23(26)27/h13-18H,5-12,25H2,1-4H3,(H,32,35)(H,33,36)(H,34,37)(H,38,39)(H4,26,27,30)(H4,28,29,31)/t15-,16-,17-,18-/m0/s1. The Morgan fingerprint density at radius 3 is 1.54 bits per heavy atom. The maximum absolute atomic E-state index is 13.3. The SMILES string of the molecule is CC(C)C[C@H](NC(=O)[C@H](CC(C)C)NC(=O)[C@H](CCCN=C(N)N)NC(=O)[C@@H](N)CCCN=C(N)N)C(=O)O. The lowest BCUT2D eigenvalue weighted by molar-refractivity contribution is -0.143. The summed E-state index contributed by atoms with van der Waals surface area (Å²) in [6, 6.07) is -4.08. The van der Waals surface area contributed by atoms with Crippen LogP contribution in [0.1, 0.15) is 66.2 Å². The number of nitrogens with zero attached hydrogens (tertiary/aromatic N) is 2. The fraction of sp³-hybridized carbons (Fsp3) is 0.750. The minimum absolute atomic E-state index is 0.00275. The van der Waals surface area contributed by atoms with Gasteiger partial charge in [0.25, 0.3) is 0 Å². The number of carboxylic acids is 1. The average molecular weight is 557 g/mol. The summed E-state index contributed by atoms with van der Waals surface area (Å²) in [5, 5.41) is 17.3. The van der Waals surface area contributed by atoms with Gasteiger partial charge < -0.3 is 49.7 Å². The van der Waals surface area contributed by atoms with Crippen LogP contribution >= 0.6 is 0 Å². The number of nitrogens with one attached hydrogen (secondary N) is 3. The number of rotatable bonds is 19. The number of aliphatic carboxylic acids is 1. The highest BCUT2D eigenvalue weighted by atomic mass is 16.4. The lowest BCUT2D eigenvalue weighted by Crippen LogP contribution is -2.57. The van der Waals surface area contributed by atoms with E-state index in [4.69, 9.17) is 28.7 Å². The van der Waals surface area contributed by atoms with E-state index < -0.39 is 47.9 Å². The van der Waals surface area contributed by atoms with Crippen LogP contribution in [0.25, 0.3) is 0 Å². The zero-order valence-corrected chi connectivity index (χ0v) is 23.5. The van der Waals surface area contributed by atoms with E-state index in [2.05, 4.69) is 25.9 Å². The molecule has 0 rings (SSSR count). The predicted molar refractivity (Wildman–Crippen MR) is 150 cm³/mol. The van der Waals surface area contributed by atoms with Crippen molar-refractivity contribution in [2.45, 2.75) is 90.4 Å². The number of carbonyl (C=O) groups excluding carboxylic acids is 3. The number of carboxylic acid groups (broad SMARTS) is 1. The van der Waals surface area contributed by atoms with Crippen molar-refractivity contribution in [1.29, 1.82) is 0 Å². The Morgan fingerprint density at radius 1 is 0.667 bits per heavy atom. The Bertz CT molecular complexity index is 854. The Morgan fingerprint density at radius 2 is 1.08 bits per heavy atom. The van der Waals surface area contributed by atoms with Gasteiger partial charge in [0.15, 0.2) is 11.9 Å². The Hall–Kier alpha value is -3.62. The zero-order valence-electron chi connectivity index (χ0n) is 23.5. The second-order valence-corrected chi connectivity index (χ2v) is 10.3. The van der Waals surface area contributed by atoms with E-state index in [0.29, 0.717) is 19.4 Å². The summed E-state index contributed by atoms with van der Waals surface area (Å²) in [5.41, 5.74) is 27.3. The molecular formula is C24H48N10O5. The predicted octanol–water partition coefficient (Wildman–Crippen LogP) is -1.95. The van der Waals surface area contributed by atoms with Gasteiger partial charge in [0, 0.05) is 13.1 Å². The number of amides is 3. The van der Waals surface area contributed by atoms with Crippen molar-refractivity contribution in [3.05, 3.63) is 0 Å². The van der Waals surface area contributed by atoms with Crippen molar-refractivity contribution in [2.75, 3.05) is 13.1 Å². The van der Waals surface area contributed by atoms with Crippen LogP contribution in [0.4, 0.5) is 0 Å². The molecule has 0 aliphatic rings. The number of guanidine groups is 2. The van der Waals surface area contributed by atoms with Crippen molar-refractivity contribution in [1.82, 2.24) is 16.0 Å². The molecule has 0 aromatic heterocycles. The number of nitrogens with two attached hydrogens (primary N) is 5. The highest BCUT2D eigenvalue weighted by molar-refractivity contribution is 5.94. The van der Waals surface area contributed by atoms with Gasteiger partial charge in [-0.1, -0.05) is 27.7 Å². The Balaban J connectivity index is 5.58. The van der Waals surface area contributed by atoms with Gasteiger partial charge in [-0.3, -0.25) is 24.4 Å². The molecule has 15 nitrogen and oxygen atoms in total. The van der Waals surface area contributed by atoms with E-state index in [0.717, 1.165) is 0 Å². The van der Waals surface area contributed by atoms with Gasteiger partial charge in [-0.05, 0) is 50.4 Å². The van der Waals surface area contributed by atoms with Crippen molar-refractivity contribution in [3.63, 3.8) is 0 Å². The van der Waals surface area contributed by atoms with E-state index in [9.17, 15) is 24.3 Å². The Kier molecular flexibility index (Phi) is 16.9. The summed E-state index contributed by atoms with van der Waals surface area (Å²) in [7, 11) is 0. The molecular weight excluding hydrogens is 508 g/mol. The third-order valence-electron chi connectivity index (χ3n) is 5.54. The molecule has 15 heteroatoms. The van der Waals surface area contributed by atoms with Gasteiger partial charge in [0.2, 0.25) is 17.7 Å². The summed E-state index contributed by atoms with van der Waals surface area (Å²) in [6.45, 7) is 7.94.